The van der Waals surface area contributed by atoms with Crippen molar-refractivity contribution in [3.63, 3.8) is 0 Å². The number of oxazole rings is 1. The second-order valence-corrected chi connectivity index (χ2v) is 10.9. The summed E-state index contributed by atoms with van der Waals surface area (Å²) < 4.78 is 13.5. The van der Waals surface area contributed by atoms with Crippen molar-refractivity contribution in [1.29, 1.82) is 0 Å². The van der Waals surface area contributed by atoms with Gasteiger partial charge in [0.2, 0.25) is 11.5 Å². The summed E-state index contributed by atoms with van der Waals surface area (Å²) in [6, 6.07) is 20.8. The normalized spacial score (nSPS) is 10.7. The molecule has 0 atom stereocenters. The number of hydrogen-bond donors (Lipinski definition) is 1. The molecule has 0 radical (unpaired) electrons. The molecular formula is C31H20ClN5O5S. The number of aromatic nitrogens is 4. The van der Waals surface area contributed by atoms with E-state index in [9.17, 15) is 14.4 Å². The molecule has 43 heavy (non-hydrogen) atoms. The number of hydrogen-bond acceptors (Lipinski definition) is 9. The molecule has 0 fully saturated rings. The zero-order chi connectivity index (χ0) is 29.8. The van der Waals surface area contributed by atoms with Crippen LogP contribution in [0.2, 0.25) is 4.34 Å². The quantitative estimate of drug-likeness (QED) is 0.175. The van der Waals surface area contributed by atoms with E-state index in [0.29, 0.717) is 22.4 Å². The average Bonchev–Trinajstić information content (AvgIpc) is 3.84. The standard InChI is InChI=1S/C31H20ClN5O5S/c32-28-13-11-22(43-28)16-34-29-15-24(35-37(29)31(40)27-17-33-19-42-27)23-12-10-21(9-8-20-5-2-1-3-6-20)36(30(23)39)18-25(38)26-7-4-14-41-26/h1-7,10-15,17,19,34H,16,18H2. The number of halogens is 1. The van der Waals surface area contributed by atoms with Crippen LogP contribution in [0, 0.1) is 11.8 Å². The summed E-state index contributed by atoms with van der Waals surface area (Å²) in [6.07, 6.45) is 3.81. The van der Waals surface area contributed by atoms with Crippen LogP contribution in [0.1, 0.15) is 37.2 Å². The van der Waals surface area contributed by atoms with Crippen molar-refractivity contribution < 1.29 is 18.4 Å². The Bertz CT molecular complexity index is 2030. The Kier molecular flexibility index (Phi) is 7.86. The fourth-order valence-corrected chi connectivity index (χ4v) is 5.23. The van der Waals surface area contributed by atoms with Gasteiger partial charge in [0, 0.05) is 16.5 Å². The maximum atomic E-state index is 13.9. The number of furan rings is 1. The lowest BCUT2D eigenvalue weighted by Crippen LogP contribution is -2.27. The summed E-state index contributed by atoms with van der Waals surface area (Å²) in [5.41, 5.74) is 0.904. The van der Waals surface area contributed by atoms with Gasteiger partial charge in [-0.2, -0.15) is 9.78 Å². The number of nitrogens with zero attached hydrogens (tertiary/aromatic N) is 4. The van der Waals surface area contributed by atoms with Crippen LogP contribution in [0.25, 0.3) is 11.3 Å². The van der Waals surface area contributed by atoms with Gasteiger partial charge < -0.3 is 14.2 Å². The van der Waals surface area contributed by atoms with Crippen LogP contribution < -0.4 is 10.9 Å². The van der Waals surface area contributed by atoms with Gasteiger partial charge in [-0.15, -0.1) is 11.3 Å². The molecule has 0 amide bonds. The number of thiophene rings is 1. The molecule has 0 aliphatic rings. The Morgan fingerprint density at radius 3 is 2.56 bits per heavy atom. The van der Waals surface area contributed by atoms with Crippen molar-refractivity contribution >= 4 is 40.4 Å². The minimum absolute atomic E-state index is 0.0372. The first-order valence-electron chi connectivity index (χ1n) is 12.9. The van der Waals surface area contributed by atoms with Gasteiger partial charge in [0.05, 0.1) is 41.1 Å². The third kappa shape index (κ3) is 6.11. The summed E-state index contributed by atoms with van der Waals surface area (Å²) in [7, 11) is 0. The number of nitrogens with one attached hydrogen (secondary N) is 1. The maximum absolute atomic E-state index is 13.9. The lowest BCUT2D eigenvalue weighted by atomic mass is 10.1. The van der Waals surface area contributed by atoms with E-state index in [1.165, 1.54) is 34.4 Å². The molecule has 1 aromatic carbocycles. The predicted octanol–water partition coefficient (Wildman–Crippen LogP) is 5.59. The highest BCUT2D eigenvalue weighted by atomic mass is 35.5. The van der Waals surface area contributed by atoms with Gasteiger partial charge in [0.25, 0.3) is 5.56 Å². The van der Waals surface area contributed by atoms with Crippen LogP contribution in [0.4, 0.5) is 5.82 Å². The lowest BCUT2D eigenvalue weighted by molar-refractivity contribution is 0.0918. The van der Waals surface area contributed by atoms with Crippen molar-refractivity contribution in [1.82, 2.24) is 19.3 Å². The number of rotatable bonds is 8. The number of carbonyl (C=O) groups excluding carboxylic acids is 2. The highest BCUT2D eigenvalue weighted by molar-refractivity contribution is 7.16. The molecule has 5 heterocycles. The molecule has 5 aromatic heterocycles. The highest BCUT2D eigenvalue weighted by Crippen LogP contribution is 2.25. The monoisotopic (exact) mass is 609 g/mol. The number of ketones is 1. The molecule has 0 spiro atoms. The second-order valence-electron chi connectivity index (χ2n) is 9.10. The molecular weight excluding hydrogens is 590 g/mol. The van der Waals surface area contributed by atoms with Gasteiger partial charge in [-0.3, -0.25) is 19.0 Å². The van der Waals surface area contributed by atoms with Gasteiger partial charge in [0.15, 0.2) is 12.2 Å². The zero-order valence-corrected chi connectivity index (χ0v) is 23.8. The summed E-state index contributed by atoms with van der Waals surface area (Å²) in [5, 5.41) is 7.63. The van der Waals surface area contributed by atoms with E-state index in [1.54, 1.807) is 30.3 Å². The lowest BCUT2D eigenvalue weighted by Gasteiger charge is -2.09. The Morgan fingerprint density at radius 2 is 1.84 bits per heavy atom. The third-order valence-electron chi connectivity index (χ3n) is 6.27. The van der Waals surface area contributed by atoms with Crippen LogP contribution in [0.15, 0.2) is 105 Å². The van der Waals surface area contributed by atoms with Crippen molar-refractivity contribution in [2.45, 2.75) is 13.1 Å². The summed E-state index contributed by atoms with van der Waals surface area (Å²) in [4.78, 5) is 44.9. The molecule has 0 saturated carbocycles. The van der Waals surface area contributed by atoms with Crippen molar-refractivity contribution in [3.8, 4) is 23.1 Å². The van der Waals surface area contributed by atoms with Crippen LogP contribution in [0.3, 0.4) is 0 Å². The van der Waals surface area contributed by atoms with Gasteiger partial charge >= 0.3 is 5.91 Å². The van der Waals surface area contributed by atoms with E-state index in [1.807, 2.05) is 36.4 Å². The topological polar surface area (TPSA) is 125 Å². The number of benzene rings is 1. The minimum atomic E-state index is -0.589. The van der Waals surface area contributed by atoms with Gasteiger partial charge in [-0.25, -0.2) is 4.98 Å². The van der Waals surface area contributed by atoms with Crippen LogP contribution in [-0.4, -0.2) is 31.0 Å². The van der Waals surface area contributed by atoms with Crippen LogP contribution in [0.5, 0.6) is 0 Å². The molecule has 0 saturated heterocycles. The Hall–Kier alpha value is -5.44. The molecule has 0 aliphatic heterocycles. The fraction of sp³-hybridized carbons (Fsp3) is 0.0645. The smallest absolute Gasteiger partial charge is 0.317 e. The van der Waals surface area contributed by atoms with E-state index in [2.05, 4.69) is 27.2 Å². The Labute approximate surface area is 253 Å². The number of anilines is 1. The Morgan fingerprint density at radius 1 is 0.977 bits per heavy atom. The van der Waals surface area contributed by atoms with Crippen molar-refractivity contribution in [3.05, 3.63) is 134 Å². The first kappa shape index (κ1) is 27.7. The van der Waals surface area contributed by atoms with E-state index in [4.69, 9.17) is 20.4 Å². The molecule has 212 valence electrons. The first-order chi connectivity index (χ1) is 21.0. The SMILES string of the molecule is O=C(Cn1c(C#Cc2ccccc2)ccc(-c2cc(NCc3ccc(Cl)s3)n(C(=O)c3cnco3)n2)c1=O)c1ccco1. The largest absolute Gasteiger partial charge is 0.461 e. The Balaban J connectivity index is 1.42. The molecule has 0 aliphatic carbocycles. The fourth-order valence-electron chi connectivity index (χ4n) is 4.20. The molecule has 10 nitrogen and oxygen atoms in total. The summed E-state index contributed by atoms with van der Waals surface area (Å²) in [6.45, 7) is 0.0308. The molecule has 6 aromatic rings. The first-order valence-corrected chi connectivity index (χ1v) is 14.0. The van der Waals surface area contributed by atoms with Crippen molar-refractivity contribution in [2.75, 3.05) is 5.32 Å². The average molecular weight is 610 g/mol. The number of pyridine rings is 1. The van der Waals surface area contributed by atoms with E-state index in [0.717, 1.165) is 21.5 Å². The zero-order valence-electron chi connectivity index (χ0n) is 22.2. The molecule has 6 rings (SSSR count). The van der Waals surface area contributed by atoms with Gasteiger partial charge in [-0.1, -0.05) is 35.7 Å². The maximum Gasteiger partial charge on any atom is 0.317 e. The molecule has 0 bridgehead atoms. The molecule has 1 N–H and O–H groups in total. The van der Waals surface area contributed by atoms with Crippen molar-refractivity contribution in [2.24, 2.45) is 0 Å². The van der Waals surface area contributed by atoms with Gasteiger partial charge in [-0.05, 0) is 54.5 Å². The van der Waals surface area contributed by atoms with Gasteiger partial charge in [0.1, 0.15) is 11.5 Å². The summed E-state index contributed by atoms with van der Waals surface area (Å²) >= 11 is 7.46. The minimum Gasteiger partial charge on any atom is -0.461 e. The van der Waals surface area contributed by atoms with Crippen LogP contribution >= 0.6 is 22.9 Å². The van der Waals surface area contributed by atoms with Crippen LogP contribution in [-0.2, 0) is 13.1 Å². The summed E-state index contributed by atoms with van der Waals surface area (Å²) in [5.74, 6) is 5.42. The van der Waals surface area contributed by atoms with E-state index < -0.39 is 17.2 Å². The molecule has 0 unspecified atom stereocenters. The third-order valence-corrected chi connectivity index (χ3v) is 7.51. The number of carbonyl (C=O) groups is 2. The van der Waals surface area contributed by atoms with E-state index in [-0.39, 0.29) is 29.3 Å². The predicted molar refractivity (Wildman–Crippen MR) is 160 cm³/mol. The van der Waals surface area contributed by atoms with E-state index >= 15 is 0 Å². The highest BCUT2D eigenvalue weighted by Gasteiger charge is 2.22. The number of Topliss-reactive ketones (excluding diaryl/α,β-unsaturated/α-hetero) is 1. The molecule has 12 heteroatoms. The second kappa shape index (κ2) is 12.2.